The highest BCUT2D eigenvalue weighted by atomic mass is 32.2. The van der Waals surface area contributed by atoms with Crippen molar-refractivity contribution < 1.29 is 26.9 Å². The molecule has 0 saturated carbocycles. The number of hydrogen-bond acceptors (Lipinski definition) is 9. The van der Waals surface area contributed by atoms with Gasteiger partial charge >= 0.3 is 22.2 Å². The summed E-state index contributed by atoms with van der Waals surface area (Å²) in [5, 5.41) is 15.0. The van der Waals surface area contributed by atoms with Crippen LogP contribution in [-0.2, 0) is 21.8 Å². The van der Waals surface area contributed by atoms with Crippen LogP contribution < -0.4 is 10.9 Å². The molecule has 0 radical (unpaired) electrons. The molecule has 0 atom stereocenters. The minimum absolute atomic E-state index is 0.165. The van der Waals surface area contributed by atoms with E-state index in [0.717, 1.165) is 24.0 Å². The molecule has 2 heterocycles. The van der Waals surface area contributed by atoms with Gasteiger partial charge in [0, 0.05) is 29.1 Å². The number of carbonyl (C=O) groups is 1. The van der Waals surface area contributed by atoms with Gasteiger partial charge in [0.25, 0.3) is 0 Å². The van der Waals surface area contributed by atoms with E-state index < -0.39 is 22.2 Å². The molecule has 0 saturated heterocycles. The first-order valence-electron chi connectivity index (χ1n) is 8.05. The number of nitrogens with one attached hydrogen (secondary N) is 1. The lowest BCUT2D eigenvalue weighted by molar-refractivity contribution is -0.136. The summed E-state index contributed by atoms with van der Waals surface area (Å²) >= 11 is 1.23. The molecule has 0 aliphatic carbocycles. The number of aromatic nitrogens is 1. The maximum atomic E-state index is 12.3. The summed E-state index contributed by atoms with van der Waals surface area (Å²) in [6.07, 6.45) is 0.839. The van der Waals surface area contributed by atoms with E-state index in [2.05, 4.69) is 17.2 Å². The molecule has 0 aliphatic heterocycles. The molecular formula is C17H16N2O7S2. The largest absolute Gasteiger partial charge is 0.481 e. The fourth-order valence-corrected chi connectivity index (χ4v) is 3.13. The molecule has 0 unspecified atom stereocenters. The number of rotatable bonds is 6. The monoisotopic (exact) mass is 424 g/mol. The van der Waals surface area contributed by atoms with Gasteiger partial charge in [0.05, 0.1) is 17.7 Å². The van der Waals surface area contributed by atoms with Crippen LogP contribution in [0.2, 0.25) is 0 Å². The highest BCUT2D eigenvalue weighted by molar-refractivity contribution is 7.59. The van der Waals surface area contributed by atoms with Crippen molar-refractivity contribution in [1.82, 2.24) is 4.98 Å². The van der Waals surface area contributed by atoms with Gasteiger partial charge in [-0.3, -0.25) is 4.79 Å². The third-order valence-corrected chi connectivity index (χ3v) is 4.35. The van der Waals surface area contributed by atoms with Gasteiger partial charge in [0.15, 0.2) is 0 Å². The molecule has 1 aromatic carbocycles. The molecule has 11 heteroatoms. The maximum Gasteiger partial charge on any atom is 0.425 e. The summed E-state index contributed by atoms with van der Waals surface area (Å²) in [6.45, 7) is 2.92. The van der Waals surface area contributed by atoms with Crippen LogP contribution >= 0.6 is 11.3 Å². The second-order valence-corrected chi connectivity index (χ2v) is 6.81. The van der Waals surface area contributed by atoms with E-state index in [1.807, 2.05) is 12.1 Å². The lowest BCUT2D eigenvalue weighted by Crippen LogP contribution is -2.04. The lowest BCUT2D eigenvalue weighted by atomic mass is 10.1. The normalized spacial score (nSPS) is 10.2. The number of nitrogens with zero attached hydrogens (tertiary/aromatic N) is 1. The standard InChI is InChI=1S/C17H16N2O4S.O3S/c1-2-5-18-11-4-3-10-6-13(17(22)23-14(10)7-11)16-19-12(9-24-16)8-15(20)21;1-4(2)3/h3-4,6-7,9,18H,2,5,8H2,1H3,(H,20,21);. The third kappa shape index (κ3) is 5.99. The quantitative estimate of drug-likeness (QED) is 0.570. The molecule has 3 rings (SSSR count). The number of fused-ring (bicyclic) bond motifs is 1. The zero-order chi connectivity index (χ0) is 20.7. The summed E-state index contributed by atoms with van der Waals surface area (Å²) < 4.78 is 30.7. The minimum atomic E-state index is -3.11. The van der Waals surface area contributed by atoms with Gasteiger partial charge in [-0.05, 0) is 24.6 Å². The van der Waals surface area contributed by atoms with Crippen molar-refractivity contribution in [1.29, 1.82) is 0 Å². The first kappa shape index (κ1) is 21.3. The molecule has 9 nitrogen and oxygen atoms in total. The summed E-state index contributed by atoms with van der Waals surface area (Å²) in [7, 11) is -3.11. The molecule has 2 N–H and O–H groups in total. The molecule has 0 bridgehead atoms. The second-order valence-electron chi connectivity index (χ2n) is 5.55. The number of hydrogen-bond donors (Lipinski definition) is 2. The van der Waals surface area contributed by atoms with Crippen molar-refractivity contribution in [2.45, 2.75) is 19.8 Å². The predicted molar refractivity (Wildman–Crippen MR) is 103 cm³/mol. The Balaban J connectivity index is 0.000000640. The van der Waals surface area contributed by atoms with Gasteiger partial charge in [-0.15, -0.1) is 24.0 Å². The van der Waals surface area contributed by atoms with Gasteiger partial charge in [-0.1, -0.05) is 6.92 Å². The zero-order valence-corrected chi connectivity index (χ0v) is 16.3. The molecular weight excluding hydrogens is 408 g/mol. The van der Waals surface area contributed by atoms with Crippen LogP contribution in [0.4, 0.5) is 5.69 Å². The van der Waals surface area contributed by atoms with E-state index in [0.29, 0.717) is 21.8 Å². The van der Waals surface area contributed by atoms with Crippen molar-refractivity contribution in [2.24, 2.45) is 0 Å². The van der Waals surface area contributed by atoms with Gasteiger partial charge in [-0.2, -0.15) is 0 Å². The van der Waals surface area contributed by atoms with Gasteiger partial charge < -0.3 is 14.8 Å². The van der Waals surface area contributed by atoms with E-state index in [9.17, 15) is 9.59 Å². The summed E-state index contributed by atoms with van der Waals surface area (Å²) in [5.74, 6) is -0.954. The van der Waals surface area contributed by atoms with Crippen molar-refractivity contribution in [3.05, 3.63) is 45.8 Å². The Morgan fingerprint density at radius 3 is 2.64 bits per heavy atom. The topological polar surface area (TPSA) is 144 Å². The first-order chi connectivity index (χ1) is 13.3. The van der Waals surface area contributed by atoms with E-state index in [4.69, 9.17) is 22.2 Å². The fourth-order valence-electron chi connectivity index (χ4n) is 2.31. The number of anilines is 1. The highest BCUT2D eigenvalue weighted by Crippen LogP contribution is 2.26. The van der Waals surface area contributed by atoms with Crippen LogP contribution in [0.3, 0.4) is 0 Å². The van der Waals surface area contributed by atoms with E-state index in [1.165, 1.54) is 11.3 Å². The third-order valence-electron chi connectivity index (χ3n) is 3.43. The Hall–Kier alpha value is -3.05. The predicted octanol–water partition coefficient (Wildman–Crippen LogP) is 2.36. The van der Waals surface area contributed by atoms with Gasteiger partial charge in [0.1, 0.15) is 10.6 Å². The first-order valence-corrected chi connectivity index (χ1v) is 9.93. The second kappa shape index (κ2) is 9.76. The average molecular weight is 424 g/mol. The van der Waals surface area contributed by atoms with Crippen LogP contribution in [0.1, 0.15) is 19.0 Å². The van der Waals surface area contributed by atoms with E-state index in [-0.39, 0.29) is 6.42 Å². The Bertz CT molecular complexity index is 1140. The molecule has 0 fully saturated rings. The molecule has 148 valence electrons. The highest BCUT2D eigenvalue weighted by Gasteiger charge is 2.13. The number of aliphatic carboxylic acids is 1. The van der Waals surface area contributed by atoms with Gasteiger partial charge in [0.2, 0.25) is 0 Å². The van der Waals surface area contributed by atoms with Crippen molar-refractivity contribution in [2.75, 3.05) is 11.9 Å². The molecule has 2 aromatic heterocycles. The van der Waals surface area contributed by atoms with Crippen LogP contribution in [-0.4, -0.2) is 35.2 Å². The maximum absolute atomic E-state index is 12.3. The van der Waals surface area contributed by atoms with E-state index >= 15 is 0 Å². The molecule has 0 aliphatic rings. The lowest BCUT2D eigenvalue weighted by Gasteiger charge is -2.06. The van der Waals surface area contributed by atoms with Crippen LogP contribution in [0.15, 0.2) is 38.9 Å². The summed E-state index contributed by atoms with van der Waals surface area (Å²) in [6, 6.07) is 7.34. The number of benzene rings is 1. The Morgan fingerprint density at radius 1 is 1.29 bits per heavy atom. The molecule has 3 aromatic rings. The van der Waals surface area contributed by atoms with Crippen molar-refractivity contribution >= 4 is 44.6 Å². The van der Waals surface area contributed by atoms with E-state index in [1.54, 1.807) is 17.5 Å². The smallest absolute Gasteiger partial charge is 0.425 e. The SMILES string of the molecule is CCCNc1ccc2cc(-c3nc(CC(=O)O)cs3)c(=O)oc2c1.O=S(=O)=O. The average Bonchev–Trinajstić information content (AvgIpc) is 3.06. The number of carboxylic acids is 1. The Morgan fingerprint density at radius 2 is 2.00 bits per heavy atom. The number of thiazole rings is 1. The zero-order valence-electron chi connectivity index (χ0n) is 14.7. The van der Waals surface area contributed by atoms with Gasteiger partial charge in [-0.25, -0.2) is 9.78 Å². The Kier molecular flexibility index (Phi) is 7.41. The van der Waals surface area contributed by atoms with Crippen molar-refractivity contribution in [3.8, 4) is 10.6 Å². The van der Waals surface area contributed by atoms with Crippen LogP contribution in [0, 0.1) is 0 Å². The summed E-state index contributed by atoms with van der Waals surface area (Å²) in [5.41, 5.74) is 1.70. The van der Waals surface area contributed by atoms with Crippen molar-refractivity contribution in [3.63, 3.8) is 0 Å². The summed E-state index contributed by atoms with van der Waals surface area (Å²) in [4.78, 5) is 27.2. The Labute approximate surface area is 164 Å². The van der Waals surface area contributed by atoms with Crippen LogP contribution in [0.5, 0.6) is 0 Å². The molecule has 0 amide bonds. The minimum Gasteiger partial charge on any atom is -0.481 e. The van der Waals surface area contributed by atoms with Crippen LogP contribution in [0.25, 0.3) is 21.5 Å². The fraction of sp³-hybridized carbons (Fsp3) is 0.235. The molecule has 28 heavy (non-hydrogen) atoms. The molecule has 0 spiro atoms. The number of carboxylic acid groups (broad SMARTS) is 1.